The van der Waals surface area contributed by atoms with E-state index >= 15 is 0 Å². The van der Waals surface area contributed by atoms with Gasteiger partial charge in [0.1, 0.15) is 24.2 Å². The number of hydrogen-bond acceptors (Lipinski definition) is 7. The lowest BCUT2D eigenvalue weighted by atomic mass is 9.81. The van der Waals surface area contributed by atoms with Crippen LogP contribution in [0.5, 0.6) is 34.5 Å². The zero-order chi connectivity index (χ0) is 27.4. The van der Waals surface area contributed by atoms with E-state index in [2.05, 4.69) is 0 Å². The van der Waals surface area contributed by atoms with E-state index in [-0.39, 0.29) is 5.78 Å². The molecule has 0 aliphatic carbocycles. The Balaban J connectivity index is 1.55. The second kappa shape index (κ2) is 11.4. The van der Waals surface area contributed by atoms with E-state index in [0.717, 1.165) is 16.7 Å². The van der Waals surface area contributed by atoms with Crippen molar-refractivity contribution in [2.45, 2.75) is 18.6 Å². The number of hydrogen-bond donors (Lipinski definition) is 0. The Morgan fingerprint density at radius 1 is 0.667 bits per heavy atom. The molecule has 200 valence electrons. The van der Waals surface area contributed by atoms with Crippen LogP contribution in [0.4, 0.5) is 0 Å². The smallest absolute Gasteiger partial charge is 0.178 e. The van der Waals surface area contributed by atoms with Crippen molar-refractivity contribution in [2.24, 2.45) is 0 Å². The molecule has 1 aliphatic heterocycles. The lowest BCUT2D eigenvalue weighted by molar-refractivity contribution is 0.0779. The summed E-state index contributed by atoms with van der Waals surface area (Å²) in [7, 11) is 6.28. The van der Waals surface area contributed by atoms with Gasteiger partial charge in [0.05, 0.1) is 39.9 Å². The van der Waals surface area contributed by atoms with Crippen LogP contribution >= 0.6 is 0 Å². The Hall–Kier alpha value is -4.65. The third kappa shape index (κ3) is 5.21. The molecule has 0 bridgehead atoms. The van der Waals surface area contributed by atoms with Crippen LogP contribution in [0.3, 0.4) is 0 Å². The number of ether oxygens (including phenoxy) is 6. The lowest BCUT2D eigenvalue weighted by Crippen LogP contribution is -2.30. The molecule has 0 radical (unpaired) electrons. The molecule has 0 aromatic heterocycles. The molecule has 7 heteroatoms. The van der Waals surface area contributed by atoms with Gasteiger partial charge in [-0.1, -0.05) is 48.5 Å². The minimum Gasteiger partial charge on any atom is -0.497 e. The number of Topliss-reactive ketones (excluding diaryl/α,β-unsaturated/α-hetero) is 1. The normalized spacial score (nSPS) is 16.1. The van der Waals surface area contributed by atoms with Crippen molar-refractivity contribution in [3.05, 3.63) is 107 Å². The SMILES string of the molecule is COc1ccc(C2C(=O)c3cc(OC)c(OC)cc3OC2c2ccc(OCc3ccccc3)c(OC)c2)cc1. The van der Waals surface area contributed by atoms with Crippen LogP contribution < -0.4 is 28.4 Å². The highest BCUT2D eigenvalue weighted by molar-refractivity contribution is 6.05. The summed E-state index contributed by atoms with van der Waals surface area (Å²) in [5, 5.41) is 0. The predicted octanol–water partition coefficient (Wildman–Crippen LogP) is 6.40. The molecule has 0 spiro atoms. The fourth-order valence-electron chi connectivity index (χ4n) is 4.77. The number of rotatable bonds is 9. The van der Waals surface area contributed by atoms with Crippen LogP contribution in [0, 0.1) is 0 Å². The number of ketones is 1. The van der Waals surface area contributed by atoms with E-state index in [0.29, 0.717) is 46.7 Å². The van der Waals surface area contributed by atoms with Crippen molar-refractivity contribution in [1.29, 1.82) is 0 Å². The fourth-order valence-corrected chi connectivity index (χ4v) is 4.77. The van der Waals surface area contributed by atoms with E-state index in [1.165, 1.54) is 7.11 Å². The number of carbonyl (C=O) groups excluding carboxylic acids is 1. The second-order valence-electron chi connectivity index (χ2n) is 9.04. The molecule has 4 aromatic carbocycles. The Kier molecular flexibility index (Phi) is 7.59. The molecule has 0 saturated carbocycles. The maximum atomic E-state index is 14.0. The Morgan fingerprint density at radius 3 is 1.97 bits per heavy atom. The van der Waals surface area contributed by atoms with Crippen LogP contribution in [0.2, 0.25) is 0 Å². The summed E-state index contributed by atoms with van der Waals surface area (Å²) < 4.78 is 34.5. The Labute approximate surface area is 227 Å². The molecule has 7 nitrogen and oxygen atoms in total. The monoisotopic (exact) mass is 526 g/mol. The third-order valence-corrected chi connectivity index (χ3v) is 6.82. The second-order valence-corrected chi connectivity index (χ2v) is 9.04. The van der Waals surface area contributed by atoms with Crippen molar-refractivity contribution in [3.63, 3.8) is 0 Å². The highest BCUT2D eigenvalue weighted by Gasteiger charge is 2.40. The predicted molar refractivity (Wildman–Crippen MR) is 147 cm³/mol. The van der Waals surface area contributed by atoms with Crippen molar-refractivity contribution in [2.75, 3.05) is 28.4 Å². The summed E-state index contributed by atoms with van der Waals surface area (Å²) >= 11 is 0. The summed E-state index contributed by atoms with van der Waals surface area (Å²) in [5.41, 5.74) is 3.05. The van der Waals surface area contributed by atoms with Gasteiger partial charge in [0.15, 0.2) is 28.8 Å². The van der Waals surface area contributed by atoms with Gasteiger partial charge in [-0.25, -0.2) is 0 Å². The van der Waals surface area contributed by atoms with Gasteiger partial charge in [0.2, 0.25) is 0 Å². The van der Waals surface area contributed by atoms with Gasteiger partial charge in [0.25, 0.3) is 0 Å². The first-order valence-electron chi connectivity index (χ1n) is 12.5. The molecule has 5 rings (SSSR count). The molecule has 0 N–H and O–H groups in total. The standard InChI is InChI=1S/C32H30O7/c1-34-23-13-10-21(11-14-23)30-31(33)24-17-28(36-3)29(37-4)18-26(24)39-32(30)22-12-15-25(27(16-22)35-2)38-19-20-8-6-5-7-9-20/h5-18,30,32H,19H2,1-4H3. The fraction of sp³-hybridized carbons (Fsp3) is 0.219. The lowest BCUT2D eigenvalue weighted by Gasteiger charge is -2.34. The maximum Gasteiger partial charge on any atom is 0.178 e. The van der Waals surface area contributed by atoms with E-state index in [4.69, 9.17) is 28.4 Å². The van der Waals surface area contributed by atoms with Crippen molar-refractivity contribution >= 4 is 5.78 Å². The van der Waals surface area contributed by atoms with Gasteiger partial charge in [0, 0.05) is 6.07 Å². The number of methoxy groups -OCH3 is 4. The average Bonchev–Trinajstić information content (AvgIpc) is 2.99. The minimum absolute atomic E-state index is 0.0873. The number of fused-ring (bicyclic) bond motifs is 1. The van der Waals surface area contributed by atoms with Crippen molar-refractivity contribution in [1.82, 2.24) is 0 Å². The van der Waals surface area contributed by atoms with Crippen molar-refractivity contribution in [3.8, 4) is 34.5 Å². The summed E-state index contributed by atoms with van der Waals surface area (Å²) in [4.78, 5) is 14.0. The Bertz CT molecular complexity index is 1450. The average molecular weight is 527 g/mol. The van der Waals surface area contributed by atoms with Gasteiger partial charge >= 0.3 is 0 Å². The molecule has 2 atom stereocenters. The van der Waals surface area contributed by atoms with Crippen LogP contribution in [0.1, 0.15) is 39.1 Å². The van der Waals surface area contributed by atoms with E-state index in [9.17, 15) is 4.79 Å². The molecule has 4 aromatic rings. The van der Waals surface area contributed by atoms with Crippen LogP contribution in [-0.4, -0.2) is 34.2 Å². The van der Waals surface area contributed by atoms with Crippen LogP contribution in [0.25, 0.3) is 0 Å². The van der Waals surface area contributed by atoms with Crippen molar-refractivity contribution < 1.29 is 33.2 Å². The molecule has 1 aliphatic rings. The van der Waals surface area contributed by atoms with Gasteiger partial charge in [-0.05, 0) is 47.0 Å². The van der Waals surface area contributed by atoms with E-state index in [1.54, 1.807) is 33.5 Å². The van der Waals surface area contributed by atoms with Crippen LogP contribution in [-0.2, 0) is 6.61 Å². The summed E-state index contributed by atoms with van der Waals surface area (Å²) in [6.07, 6.45) is -0.631. The zero-order valence-electron chi connectivity index (χ0n) is 22.3. The third-order valence-electron chi connectivity index (χ3n) is 6.82. The maximum absolute atomic E-state index is 14.0. The molecule has 39 heavy (non-hydrogen) atoms. The molecule has 0 amide bonds. The van der Waals surface area contributed by atoms with Gasteiger partial charge in [-0.3, -0.25) is 4.79 Å². The first kappa shape index (κ1) is 26.0. The summed E-state index contributed by atoms with van der Waals surface area (Å²) in [6.45, 7) is 0.401. The quantitative estimate of drug-likeness (QED) is 0.250. The highest BCUT2D eigenvalue weighted by Crippen LogP contribution is 2.48. The molecule has 2 unspecified atom stereocenters. The Morgan fingerprint density at radius 2 is 1.31 bits per heavy atom. The largest absolute Gasteiger partial charge is 0.497 e. The summed E-state index contributed by atoms with van der Waals surface area (Å²) in [6, 6.07) is 26.3. The highest BCUT2D eigenvalue weighted by atomic mass is 16.5. The van der Waals surface area contributed by atoms with Gasteiger partial charge < -0.3 is 28.4 Å². The van der Waals surface area contributed by atoms with E-state index < -0.39 is 12.0 Å². The molecular formula is C32H30O7. The van der Waals surface area contributed by atoms with Gasteiger partial charge in [-0.2, -0.15) is 0 Å². The molecule has 0 saturated heterocycles. The van der Waals surface area contributed by atoms with Crippen LogP contribution in [0.15, 0.2) is 84.9 Å². The first-order valence-corrected chi connectivity index (χ1v) is 12.5. The van der Waals surface area contributed by atoms with Gasteiger partial charge in [-0.15, -0.1) is 0 Å². The number of carbonyl (C=O) groups is 1. The van der Waals surface area contributed by atoms with E-state index in [1.807, 2.05) is 72.8 Å². The minimum atomic E-state index is -0.631. The molecular weight excluding hydrogens is 496 g/mol. The number of benzene rings is 4. The summed E-state index contributed by atoms with van der Waals surface area (Å²) in [5.74, 6) is 2.50. The molecule has 1 heterocycles. The first-order chi connectivity index (χ1) is 19.1. The molecule has 0 fully saturated rings. The zero-order valence-corrected chi connectivity index (χ0v) is 22.3. The topological polar surface area (TPSA) is 72.5 Å².